The number of hydrogen-bond acceptors (Lipinski definition) is 2. The standard InChI is InChI=1S/C20H27NO/c1-19(2,3)14-20(4,5)15-9-11-16(12-10-15)21-17-7-6-8-18(22)13-17/h6-13,21-22H,14H2,1-5H3. The van der Waals surface area contributed by atoms with Crippen LogP contribution in [0.1, 0.15) is 46.6 Å². The van der Waals surface area contributed by atoms with Gasteiger partial charge >= 0.3 is 0 Å². The molecule has 0 radical (unpaired) electrons. The molecule has 0 aliphatic heterocycles. The van der Waals surface area contributed by atoms with Gasteiger partial charge in [-0.25, -0.2) is 0 Å². The highest BCUT2D eigenvalue weighted by molar-refractivity contribution is 5.61. The van der Waals surface area contributed by atoms with Crippen molar-refractivity contribution in [3.8, 4) is 5.75 Å². The average molecular weight is 297 g/mol. The van der Waals surface area contributed by atoms with Crippen LogP contribution >= 0.6 is 0 Å². The lowest BCUT2D eigenvalue weighted by Gasteiger charge is -2.33. The van der Waals surface area contributed by atoms with E-state index in [0.29, 0.717) is 5.41 Å². The predicted octanol–water partition coefficient (Wildman–Crippen LogP) is 5.85. The molecule has 0 aliphatic rings. The second-order valence-electron chi connectivity index (χ2n) is 7.87. The van der Waals surface area contributed by atoms with Crippen LogP contribution in [0.2, 0.25) is 0 Å². The van der Waals surface area contributed by atoms with Crippen LogP contribution in [0, 0.1) is 5.41 Å². The van der Waals surface area contributed by atoms with Crippen molar-refractivity contribution >= 4 is 11.4 Å². The molecule has 0 bridgehead atoms. The first-order valence-corrected chi connectivity index (χ1v) is 7.82. The van der Waals surface area contributed by atoms with E-state index in [0.717, 1.165) is 17.8 Å². The molecule has 2 heteroatoms. The second-order valence-corrected chi connectivity index (χ2v) is 7.87. The van der Waals surface area contributed by atoms with Crippen LogP contribution in [0.3, 0.4) is 0 Å². The quantitative estimate of drug-likeness (QED) is 0.742. The fourth-order valence-electron chi connectivity index (χ4n) is 3.18. The van der Waals surface area contributed by atoms with E-state index in [2.05, 4.69) is 64.2 Å². The number of aromatic hydroxyl groups is 1. The molecule has 2 nitrogen and oxygen atoms in total. The van der Waals surface area contributed by atoms with Crippen LogP contribution < -0.4 is 5.32 Å². The highest BCUT2D eigenvalue weighted by Crippen LogP contribution is 2.36. The van der Waals surface area contributed by atoms with Gasteiger partial charge in [-0.15, -0.1) is 0 Å². The molecule has 0 unspecified atom stereocenters. The van der Waals surface area contributed by atoms with Crippen molar-refractivity contribution in [2.75, 3.05) is 5.32 Å². The Balaban J connectivity index is 2.13. The molecule has 2 rings (SSSR count). The molecule has 0 atom stereocenters. The van der Waals surface area contributed by atoms with E-state index in [9.17, 15) is 5.11 Å². The molecule has 2 aromatic carbocycles. The van der Waals surface area contributed by atoms with Gasteiger partial charge in [0.05, 0.1) is 0 Å². The fourth-order valence-corrected chi connectivity index (χ4v) is 3.18. The second kappa shape index (κ2) is 6.04. The summed E-state index contributed by atoms with van der Waals surface area (Å²) < 4.78 is 0. The Kier molecular flexibility index (Phi) is 4.50. The van der Waals surface area contributed by atoms with Gasteiger partial charge in [0.2, 0.25) is 0 Å². The fraction of sp³-hybridized carbons (Fsp3) is 0.400. The zero-order valence-corrected chi connectivity index (χ0v) is 14.3. The largest absolute Gasteiger partial charge is 0.508 e. The third-order valence-corrected chi connectivity index (χ3v) is 3.77. The zero-order chi connectivity index (χ0) is 16.4. The Hall–Kier alpha value is -1.96. The van der Waals surface area contributed by atoms with Gasteiger partial charge in [0.15, 0.2) is 0 Å². The summed E-state index contributed by atoms with van der Waals surface area (Å²) in [6.07, 6.45) is 1.14. The minimum atomic E-state index is 0.155. The molecule has 2 N–H and O–H groups in total. The highest BCUT2D eigenvalue weighted by atomic mass is 16.3. The molecule has 0 fully saturated rings. The third kappa shape index (κ3) is 4.52. The number of benzene rings is 2. The number of nitrogens with one attached hydrogen (secondary N) is 1. The van der Waals surface area contributed by atoms with Crippen LogP contribution in [-0.2, 0) is 5.41 Å². The zero-order valence-electron chi connectivity index (χ0n) is 14.3. The van der Waals surface area contributed by atoms with Crippen molar-refractivity contribution in [3.63, 3.8) is 0 Å². The number of hydrogen-bond donors (Lipinski definition) is 2. The highest BCUT2D eigenvalue weighted by Gasteiger charge is 2.26. The number of phenols is 1. The molecule has 0 heterocycles. The van der Waals surface area contributed by atoms with Gasteiger partial charge in [-0.05, 0) is 47.1 Å². The summed E-state index contributed by atoms with van der Waals surface area (Å²) in [5, 5.41) is 12.8. The molecule has 0 saturated heterocycles. The molecular formula is C20H27NO. The van der Waals surface area contributed by atoms with Gasteiger partial charge in [0.1, 0.15) is 5.75 Å². The number of rotatable bonds is 4. The van der Waals surface area contributed by atoms with Crippen LogP contribution in [0.25, 0.3) is 0 Å². The molecule has 0 spiro atoms. The summed E-state index contributed by atoms with van der Waals surface area (Å²) in [7, 11) is 0. The maximum absolute atomic E-state index is 9.51. The first-order chi connectivity index (χ1) is 10.2. The van der Waals surface area contributed by atoms with Crippen molar-refractivity contribution in [1.82, 2.24) is 0 Å². The maximum Gasteiger partial charge on any atom is 0.117 e. The summed E-state index contributed by atoms with van der Waals surface area (Å²) in [4.78, 5) is 0. The normalized spacial score (nSPS) is 12.2. The van der Waals surface area contributed by atoms with Crippen LogP contribution in [0.5, 0.6) is 5.75 Å². The van der Waals surface area contributed by atoms with E-state index >= 15 is 0 Å². The van der Waals surface area contributed by atoms with Gasteiger partial charge in [-0.2, -0.15) is 0 Å². The summed E-state index contributed by atoms with van der Waals surface area (Å²) in [5.41, 5.74) is 3.73. The molecule has 22 heavy (non-hydrogen) atoms. The van der Waals surface area contributed by atoms with Crippen LogP contribution in [0.15, 0.2) is 48.5 Å². The van der Waals surface area contributed by atoms with E-state index in [1.54, 1.807) is 12.1 Å². The van der Waals surface area contributed by atoms with Gasteiger partial charge in [-0.3, -0.25) is 0 Å². The Bertz CT molecular complexity index is 621. The Labute approximate surface area is 134 Å². The van der Waals surface area contributed by atoms with Crippen LogP contribution in [0.4, 0.5) is 11.4 Å². The number of phenolic OH excluding ortho intramolecular Hbond substituents is 1. The van der Waals surface area contributed by atoms with Gasteiger partial charge in [0.25, 0.3) is 0 Å². The monoisotopic (exact) mass is 297 g/mol. The van der Waals surface area contributed by atoms with Crippen molar-refractivity contribution in [1.29, 1.82) is 0 Å². The Morgan fingerprint density at radius 1 is 0.864 bits per heavy atom. The summed E-state index contributed by atoms with van der Waals surface area (Å²) in [6.45, 7) is 11.5. The maximum atomic E-state index is 9.51. The van der Waals surface area contributed by atoms with Crippen molar-refractivity contribution < 1.29 is 5.11 Å². The first kappa shape index (κ1) is 16.4. The third-order valence-electron chi connectivity index (χ3n) is 3.77. The van der Waals surface area contributed by atoms with E-state index in [4.69, 9.17) is 0 Å². The lowest BCUT2D eigenvalue weighted by Crippen LogP contribution is -2.24. The van der Waals surface area contributed by atoms with E-state index < -0.39 is 0 Å². The SMILES string of the molecule is CC(C)(C)CC(C)(C)c1ccc(Nc2cccc(O)c2)cc1. The van der Waals surface area contributed by atoms with Gasteiger partial charge in [-0.1, -0.05) is 52.8 Å². The molecule has 2 aromatic rings. The molecular weight excluding hydrogens is 270 g/mol. The van der Waals surface area contributed by atoms with Gasteiger partial charge < -0.3 is 10.4 Å². The minimum absolute atomic E-state index is 0.155. The van der Waals surface area contributed by atoms with E-state index in [-0.39, 0.29) is 11.2 Å². The Morgan fingerprint density at radius 2 is 1.50 bits per heavy atom. The molecule has 0 aromatic heterocycles. The summed E-state index contributed by atoms with van der Waals surface area (Å²) in [5.74, 6) is 0.271. The molecule has 0 aliphatic carbocycles. The van der Waals surface area contributed by atoms with Gasteiger partial charge in [0, 0.05) is 17.4 Å². The Morgan fingerprint density at radius 3 is 2.05 bits per heavy atom. The van der Waals surface area contributed by atoms with Crippen LogP contribution in [-0.4, -0.2) is 5.11 Å². The topological polar surface area (TPSA) is 32.3 Å². The lowest BCUT2D eigenvalue weighted by molar-refractivity contribution is 0.284. The van der Waals surface area contributed by atoms with Crippen molar-refractivity contribution in [3.05, 3.63) is 54.1 Å². The van der Waals surface area contributed by atoms with E-state index in [1.807, 2.05) is 12.1 Å². The molecule has 0 amide bonds. The molecule has 118 valence electrons. The number of anilines is 2. The van der Waals surface area contributed by atoms with Crippen molar-refractivity contribution in [2.24, 2.45) is 5.41 Å². The lowest BCUT2D eigenvalue weighted by atomic mass is 9.72. The summed E-state index contributed by atoms with van der Waals surface area (Å²) >= 11 is 0. The smallest absolute Gasteiger partial charge is 0.117 e. The molecule has 0 saturated carbocycles. The summed E-state index contributed by atoms with van der Waals surface area (Å²) in [6, 6.07) is 15.7. The van der Waals surface area contributed by atoms with Crippen molar-refractivity contribution in [2.45, 2.75) is 46.5 Å². The average Bonchev–Trinajstić information content (AvgIpc) is 2.36. The first-order valence-electron chi connectivity index (χ1n) is 7.82. The minimum Gasteiger partial charge on any atom is -0.508 e. The predicted molar refractivity (Wildman–Crippen MR) is 94.9 cm³/mol. The van der Waals surface area contributed by atoms with E-state index in [1.165, 1.54) is 5.56 Å².